The van der Waals surface area contributed by atoms with Gasteiger partial charge in [-0.25, -0.2) is 9.38 Å². The number of carbonyl (C=O) groups excluding carboxylic acids is 3. The van der Waals surface area contributed by atoms with Crippen LogP contribution in [0.15, 0.2) is 115 Å². The number of rotatable bonds is 12. The number of carbonyl (C=O) groups is 3. The largest absolute Gasteiger partial charge is 0.369 e. The SMILES string of the molecule is C=CCC(C(N)=O)C(CC1CCCC1)C(=O)NC1N=C(c2ccccc2)c2ccccc2N(Cc2cccc(-c3ccc(F)c(Cl)c3)c2)C1=O. The Morgan fingerprint density at radius 2 is 1.64 bits per heavy atom. The predicted octanol–water partition coefficient (Wildman–Crippen LogP) is 7.85. The van der Waals surface area contributed by atoms with Crippen LogP contribution in [0.2, 0.25) is 5.02 Å². The maximum atomic E-state index is 14.7. The normalized spacial score (nSPS) is 17.3. The first-order chi connectivity index (χ1) is 24.2. The van der Waals surface area contributed by atoms with E-state index in [0.717, 1.165) is 53.5 Å². The second-order valence-electron chi connectivity index (χ2n) is 13.1. The van der Waals surface area contributed by atoms with Crippen LogP contribution in [0.5, 0.6) is 0 Å². The monoisotopic (exact) mass is 690 g/mol. The van der Waals surface area contributed by atoms with E-state index in [-0.39, 0.29) is 23.9 Å². The van der Waals surface area contributed by atoms with Gasteiger partial charge in [-0.05, 0) is 59.7 Å². The molecule has 6 rings (SSSR count). The molecule has 0 aromatic heterocycles. The van der Waals surface area contributed by atoms with Crippen LogP contribution in [0.1, 0.15) is 55.2 Å². The number of nitrogens with zero attached hydrogens (tertiary/aromatic N) is 2. The second kappa shape index (κ2) is 15.6. The minimum atomic E-state index is -1.28. The molecule has 3 atom stereocenters. The summed E-state index contributed by atoms with van der Waals surface area (Å²) in [5, 5.41) is 2.99. The number of nitrogens with one attached hydrogen (secondary N) is 1. The molecule has 2 aliphatic rings. The first-order valence-electron chi connectivity index (χ1n) is 17.0. The summed E-state index contributed by atoms with van der Waals surface area (Å²) >= 11 is 6.09. The number of hydrogen-bond donors (Lipinski definition) is 2. The molecule has 1 aliphatic heterocycles. The number of nitrogens with two attached hydrogens (primary N) is 1. The molecule has 0 saturated heterocycles. The highest BCUT2D eigenvalue weighted by Gasteiger charge is 2.38. The van der Waals surface area contributed by atoms with E-state index in [9.17, 15) is 18.8 Å². The molecule has 1 saturated carbocycles. The van der Waals surface area contributed by atoms with E-state index >= 15 is 0 Å². The van der Waals surface area contributed by atoms with E-state index < -0.39 is 41.5 Å². The standard InChI is InChI=1S/C41H40ClFN4O3/c1-2-11-31(38(44)48)33(23-26-12-6-7-13-26)40(49)46-39-41(50)47(25-27-14-10-17-29(22-27)30-20-21-35(43)34(42)24-30)36-19-9-8-18-32(36)37(45-39)28-15-4-3-5-16-28/h2-5,8-10,14-22,24,26,31,33,39H,1,6-7,11-13,23,25H2,(H2,44,48)(H,46,49). The molecule has 4 aromatic rings. The lowest BCUT2D eigenvalue weighted by molar-refractivity contribution is -0.135. The van der Waals surface area contributed by atoms with Crippen LogP contribution in [0.25, 0.3) is 11.1 Å². The van der Waals surface area contributed by atoms with Gasteiger partial charge >= 0.3 is 0 Å². The summed E-state index contributed by atoms with van der Waals surface area (Å²) in [5.41, 5.74) is 10.9. The zero-order valence-electron chi connectivity index (χ0n) is 27.7. The second-order valence-corrected chi connectivity index (χ2v) is 13.5. The quantitative estimate of drug-likeness (QED) is 0.148. The van der Waals surface area contributed by atoms with Crippen molar-refractivity contribution in [2.24, 2.45) is 28.5 Å². The van der Waals surface area contributed by atoms with E-state index in [1.807, 2.05) is 78.9 Å². The van der Waals surface area contributed by atoms with Crippen molar-refractivity contribution in [3.8, 4) is 11.1 Å². The number of hydrogen-bond acceptors (Lipinski definition) is 4. The fourth-order valence-corrected chi connectivity index (χ4v) is 7.36. The van der Waals surface area contributed by atoms with Crippen LogP contribution < -0.4 is 16.0 Å². The summed E-state index contributed by atoms with van der Waals surface area (Å²) in [4.78, 5) is 48.3. The Hall–Kier alpha value is -5.08. The number of primary amides is 1. The van der Waals surface area contributed by atoms with Gasteiger partial charge in [-0.3, -0.25) is 14.4 Å². The Morgan fingerprint density at radius 3 is 2.36 bits per heavy atom. The van der Waals surface area contributed by atoms with Gasteiger partial charge in [0.15, 0.2) is 0 Å². The molecule has 0 bridgehead atoms. The van der Waals surface area contributed by atoms with Crippen molar-refractivity contribution in [1.82, 2.24) is 5.32 Å². The minimum absolute atomic E-state index is 0.0200. The third-order valence-corrected chi connectivity index (χ3v) is 10.0. The molecular weight excluding hydrogens is 651 g/mol. The third kappa shape index (κ3) is 7.71. The number of fused-ring (bicyclic) bond motifs is 1. The van der Waals surface area contributed by atoms with Crippen molar-refractivity contribution in [3.05, 3.63) is 137 Å². The molecule has 7 nitrogen and oxygen atoms in total. The molecule has 3 unspecified atom stereocenters. The molecule has 3 N–H and O–H groups in total. The number of anilines is 1. The summed E-state index contributed by atoms with van der Waals surface area (Å²) in [5.74, 6) is -3.14. The van der Waals surface area contributed by atoms with Crippen LogP contribution in [-0.4, -0.2) is 29.6 Å². The van der Waals surface area contributed by atoms with Crippen LogP contribution in [0.4, 0.5) is 10.1 Å². The Bertz CT molecular complexity index is 1920. The summed E-state index contributed by atoms with van der Waals surface area (Å²) < 4.78 is 13.9. The number of halogens is 2. The van der Waals surface area contributed by atoms with Gasteiger partial charge < -0.3 is 16.0 Å². The Balaban J connectivity index is 1.40. The molecule has 1 heterocycles. The number of amides is 3. The van der Waals surface area contributed by atoms with Crippen molar-refractivity contribution in [2.75, 3.05) is 4.90 Å². The summed E-state index contributed by atoms with van der Waals surface area (Å²) in [6.45, 7) is 3.96. The smallest absolute Gasteiger partial charge is 0.272 e. The zero-order chi connectivity index (χ0) is 35.2. The predicted molar refractivity (Wildman–Crippen MR) is 196 cm³/mol. The lowest BCUT2D eigenvalue weighted by Gasteiger charge is -2.29. The van der Waals surface area contributed by atoms with Crippen LogP contribution in [0.3, 0.4) is 0 Å². The number of allylic oxidation sites excluding steroid dienone is 1. The number of aliphatic imine (C=N–C) groups is 1. The molecule has 9 heteroatoms. The zero-order valence-corrected chi connectivity index (χ0v) is 28.5. The Kier molecular flexibility index (Phi) is 10.9. The molecule has 0 radical (unpaired) electrons. The average Bonchev–Trinajstić information content (AvgIpc) is 3.62. The molecule has 256 valence electrons. The molecule has 50 heavy (non-hydrogen) atoms. The first kappa shape index (κ1) is 34.8. The van der Waals surface area contributed by atoms with Crippen molar-refractivity contribution >= 4 is 40.7 Å². The van der Waals surface area contributed by atoms with Gasteiger partial charge in [-0.2, -0.15) is 0 Å². The van der Waals surface area contributed by atoms with Gasteiger partial charge in [0.2, 0.25) is 18.0 Å². The fourth-order valence-electron chi connectivity index (χ4n) is 7.18. The van der Waals surface area contributed by atoms with E-state index in [1.165, 1.54) is 6.07 Å². The molecule has 1 aliphatic carbocycles. The number of benzodiazepines with no additional fused rings is 1. The summed E-state index contributed by atoms with van der Waals surface area (Å²) in [7, 11) is 0. The number of benzene rings is 4. The number of para-hydroxylation sites is 1. The first-order valence-corrected chi connectivity index (χ1v) is 17.4. The van der Waals surface area contributed by atoms with Crippen molar-refractivity contribution in [1.29, 1.82) is 0 Å². The summed E-state index contributed by atoms with van der Waals surface area (Å²) in [6.07, 6.45) is 5.19. The minimum Gasteiger partial charge on any atom is -0.369 e. The maximum absolute atomic E-state index is 14.7. The molecular formula is C41H40ClFN4O3. The highest BCUT2D eigenvalue weighted by molar-refractivity contribution is 6.31. The lowest BCUT2D eigenvalue weighted by Crippen LogP contribution is -2.50. The van der Waals surface area contributed by atoms with Crippen LogP contribution in [-0.2, 0) is 20.9 Å². The van der Waals surface area contributed by atoms with Gasteiger partial charge in [-0.15, -0.1) is 6.58 Å². The van der Waals surface area contributed by atoms with Gasteiger partial charge in [-0.1, -0.05) is 116 Å². The maximum Gasteiger partial charge on any atom is 0.272 e. The molecule has 1 fully saturated rings. The topological polar surface area (TPSA) is 105 Å². The molecule has 4 aromatic carbocycles. The van der Waals surface area contributed by atoms with Crippen molar-refractivity contribution < 1.29 is 18.8 Å². The molecule has 0 spiro atoms. The van der Waals surface area contributed by atoms with E-state index in [1.54, 1.807) is 23.1 Å². The van der Waals surface area contributed by atoms with Crippen LogP contribution in [0, 0.1) is 23.6 Å². The Labute approximate surface area is 297 Å². The highest BCUT2D eigenvalue weighted by Crippen LogP contribution is 2.35. The van der Waals surface area contributed by atoms with Crippen molar-refractivity contribution in [3.63, 3.8) is 0 Å². The van der Waals surface area contributed by atoms with E-state index in [0.29, 0.717) is 17.8 Å². The van der Waals surface area contributed by atoms with E-state index in [4.69, 9.17) is 22.3 Å². The van der Waals surface area contributed by atoms with E-state index in [2.05, 4.69) is 11.9 Å². The van der Waals surface area contributed by atoms with Gasteiger partial charge in [0.25, 0.3) is 5.91 Å². The van der Waals surface area contributed by atoms with Gasteiger partial charge in [0, 0.05) is 11.1 Å². The summed E-state index contributed by atoms with van der Waals surface area (Å²) in [6, 6.07) is 29.2. The Morgan fingerprint density at radius 1 is 0.940 bits per heavy atom. The van der Waals surface area contributed by atoms with Crippen molar-refractivity contribution in [2.45, 2.75) is 51.2 Å². The van der Waals surface area contributed by atoms with Gasteiger partial charge in [0.05, 0.1) is 34.8 Å². The average molecular weight is 691 g/mol. The van der Waals surface area contributed by atoms with Gasteiger partial charge in [0.1, 0.15) is 5.82 Å². The lowest BCUT2D eigenvalue weighted by atomic mass is 9.80. The molecule has 3 amide bonds. The van der Waals surface area contributed by atoms with Crippen LogP contribution >= 0.6 is 11.6 Å². The third-order valence-electron chi connectivity index (χ3n) is 9.73. The highest BCUT2D eigenvalue weighted by atomic mass is 35.5. The fraction of sp³-hybridized carbons (Fsp3) is 0.268.